The summed E-state index contributed by atoms with van der Waals surface area (Å²) in [5.74, 6) is -0.228. The molecule has 1 atom stereocenters. The lowest BCUT2D eigenvalue weighted by Crippen LogP contribution is -2.28. The molecular formula is C14H22FNO. The SMILES string of the molecule is CCCNCCC(C)(O)c1ccc(F)c(C)c1. The molecule has 0 aromatic heterocycles. The first-order chi connectivity index (χ1) is 7.97. The van der Waals surface area contributed by atoms with Crippen LogP contribution in [0.3, 0.4) is 0 Å². The molecule has 0 heterocycles. The van der Waals surface area contributed by atoms with E-state index in [2.05, 4.69) is 12.2 Å². The Morgan fingerprint density at radius 2 is 2.06 bits per heavy atom. The molecule has 0 fully saturated rings. The molecule has 0 spiro atoms. The van der Waals surface area contributed by atoms with Crippen LogP contribution in [-0.2, 0) is 5.60 Å². The van der Waals surface area contributed by atoms with Crippen molar-refractivity contribution in [2.45, 2.75) is 39.2 Å². The Hall–Kier alpha value is -0.930. The van der Waals surface area contributed by atoms with E-state index in [0.717, 1.165) is 25.1 Å². The van der Waals surface area contributed by atoms with E-state index in [4.69, 9.17) is 0 Å². The van der Waals surface area contributed by atoms with Crippen molar-refractivity contribution in [3.05, 3.63) is 35.1 Å². The minimum absolute atomic E-state index is 0.228. The lowest BCUT2D eigenvalue weighted by atomic mass is 9.91. The molecular weight excluding hydrogens is 217 g/mol. The van der Waals surface area contributed by atoms with Gasteiger partial charge in [0, 0.05) is 0 Å². The largest absolute Gasteiger partial charge is 0.385 e. The second-order valence-corrected chi connectivity index (χ2v) is 4.74. The topological polar surface area (TPSA) is 32.3 Å². The molecule has 0 amide bonds. The summed E-state index contributed by atoms with van der Waals surface area (Å²) in [6.07, 6.45) is 1.70. The van der Waals surface area contributed by atoms with Crippen molar-refractivity contribution in [1.82, 2.24) is 5.32 Å². The van der Waals surface area contributed by atoms with Gasteiger partial charge in [-0.3, -0.25) is 0 Å². The van der Waals surface area contributed by atoms with Crippen LogP contribution in [0.4, 0.5) is 4.39 Å². The average molecular weight is 239 g/mol. The fourth-order valence-corrected chi connectivity index (χ4v) is 1.76. The van der Waals surface area contributed by atoms with E-state index in [1.807, 2.05) is 0 Å². The van der Waals surface area contributed by atoms with Gasteiger partial charge in [-0.1, -0.05) is 19.1 Å². The van der Waals surface area contributed by atoms with E-state index >= 15 is 0 Å². The second-order valence-electron chi connectivity index (χ2n) is 4.74. The molecule has 0 radical (unpaired) electrons. The first-order valence-electron chi connectivity index (χ1n) is 6.17. The van der Waals surface area contributed by atoms with Gasteiger partial charge in [0.05, 0.1) is 5.60 Å². The maximum Gasteiger partial charge on any atom is 0.126 e. The number of hydrogen-bond donors (Lipinski definition) is 2. The van der Waals surface area contributed by atoms with Crippen molar-refractivity contribution < 1.29 is 9.50 Å². The summed E-state index contributed by atoms with van der Waals surface area (Å²) < 4.78 is 13.1. The van der Waals surface area contributed by atoms with Crippen molar-refractivity contribution in [3.8, 4) is 0 Å². The molecule has 1 aromatic rings. The third-order valence-electron chi connectivity index (χ3n) is 3.00. The van der Waals surface area contributed by atoms with Gasteiger partial charge in [0.25, 0.3) is 0 Å². The lowest BCUT2D eigenvalue weighted by Gasteiger charge is -2.24. The Morgan fingerprint density at radius 3 is 2.65 bits per heavy atom. The van der Waals surface area contributed by atoms with Crippen LogP contribution >= 0.6 is 0 Å². The summed E-state index contributed by atoms with van der Waals surface area (Å²) in [5.41, 5.74) is 0.443. The Balaban J connectivity index is 2.64. The molecule has 1 unspecified atom stereocenters. The third-order valence-corrected chi connectivity index (χ3v) is 3.00. The van der Waals surface area contributed by atoms with Crippen molar-refractivity contribution in [2.24, 2.45) is 0 Å². The quantitative estimate of drug-likeness (QED) is 0.748. The number of benzene rings is 1. The molecule has 0 saturated carbocycles. The molecule has 2 nitrogen and oxygen atoms in total. The molecule has 96 valence electrons. The summed E-state index contributed by atoms with van der Waals surface area (Å²) in [6.45, 7) is 7.31. The first kappa shape index (κ1) is 14.1. The lowest BCUT2D eigenvalue weighted by molar-refractivity contribution is 0.0479. The molecule has 0 aliphatic heterocycles. The predicted octanol–water partition coefficient (Wildman–Crippen LogP) is 2.73. The number of aryl methyl sites for hydroxylation is 1. The summed E-state index contributed by atoms with van der Waals surface area (Å²) >= 11 is 0. The van der Waals surface area contributed by atoms with Crippen LogP contribution in [-0.4, -0.2) is 18.2 Å². The first-order valence-corrected chi connectivity index (χ1v) is 6.17. The zero-order valence-electron chi connectivity index (χ0n) is 10.9. The number of nitrogens with one attached hydrogen (secondary N) is 1. The maximum atomic E-state index is 13.1. The van der Waals surface area contributed by atoms with Crippen LogP contribution in [0.15, 0.2) is 18.2 Å². The van der Waals surface area contributed by atoms with Crippen LogP contribution in [0.1, 0.15) is 37.8 Å². The van der Waals surface area contributed by atoms with Crippen molar-refractivity contribution in [1.29, 1.82) is 0 Å². The molecule has 2 N–H and O–H groups in total. The van der Waals surface area contributed by atoms with Gasteiger partial charge in [-0.25, -0.2) is 4.39 Å². The minimum atomic E-state index is -0.904. The molecule has 1 rings (SSSR count). The summed E-state index contributed by atoms with van der Waals surface area (Å²) in [6, 6.07) is 4.79. The van der Waals surface area contributed by atoms with E-state index in [0.29, 0.717) is 12.0 Å². The minimum Gasteiger partial charge on any atom is -0.385 e. The van der Waals surface area contributed by atoms with Gasteiger partial charge in [-0.05, 0) is 57.0 Å². The fraction of sp³-hybridized carbons (Fsp3) is 0.571. The smallest absolute Gasteiger partial charge is 0.126 e. The normalized spacial score (nSPS) is 14.6. The Bertz CT molecular complexity index is 363. The van der Waals surface area contributed by atoms with Crippen molar-refractivity contribution >= 4 is 0 Å². The molecule has 0 saturated heterocycles. The molecule has 3 heteroatoms. The molecule has 0 bridgehead atoms. The van der Waals surface area contributed by atoms with Crippen molar-refractivity contribution in [2.75, 3.05) is 13.1 Å². The summed E-state index contributed by atoms with van der Waals surface area (Å²) in [4.78, 5) is 0. The fourth-order valence-electron chi connectivity index (χ4n) is 1.76. The van der Waals surface area contributed by atoms with Gasteiger partial charge in [0.2, 0.25) is 0 Å². The van der Waals surface area contributed by atoms with Gasteiger partial charge in [0.1, 0.15) is 5.82 Å². The van der Waals surface area contributed by atoms with Crippen LogP contribution in [0, 0.1) is 12.7 Å². The van der Waals surface area contributed by atoms with Crippen LogP contribution in [0.25, 0.3) is 0 Å². The van der Waals surface area contributed by atoms with Gasteiger partial charge >= 0.3 is 0 Å². The van der Waals surface area contributed by atoms with E-state index in [9.17, 15) is 9.50 Å². The Morgan fingerprint density at radius 1 is 1.35 bits per heavy atom. The van der Waals surface area contributed by atoms with Gasteiger partial charge in [-0.2, -0.15) is 0 Å². The number of aliphatic hydroxyl groups is 1. The molecule has 0 aliphatic rings. The summed E-state index contributed by atoms with van der Waals surface area (Å²) in [7, 11) is 0. The Labute approximate surface area is 103 Å². The molecule has 0 aliphatic carbocycles. The van der Waals surface area contributed by atoms with Gasteiger partial charge in [-0.15, -0.1) is 0 Å². The standard InChI is InChI=1S/C14H22FNO/c1-4-8-16-9-7-14(3,17)12-5-6-13(15)11(2)10-12/h5-6,10,16-17H,4,7-9H2,1-3H3. The number of halogens is 1. The van der Waals surface area contributed by atoms with E-state index in [1.165, 1.54) is 6.07 Å². The zero-order valence-corrected chi connectivity index (χ0v) is 10.9. The van der Waals surface area contributed by atoms with Gasteiger partial charge in [0.15, 0.2) is 0 Å². The third kappa shape index (κ3) is 4.10. The molecule has 1 aromatic carbocycles. The number of hydrogen-bond acceptors (Lipinski definition) is 2. The van der Waals surface area contributed by atoms with E-state index in [-0.39, 0.29) is 5.82 Å². The van der Waals surface area contributed by atoms with Crippen LogP contribution in [0.2, 0.25) is 0 Å². The van der Waals surface area contributed by atoms with Crippen LogP contribution < -0.4 is 5.32 Å². The highest BCUT2D eigenvalue weighted by Crippen LogP contribution is 2.25. The second kappa shape index (κ2) is 6.12. The van der Waals surface area contributed by atoms with E-state index < -0.39 is 5.60 Å². The monoisotopic (exact) mass is 239 g/mol. The van der Waals surface area contributed by atoms with E-state index in [1.54, 1.807) is 26.0 Å². The van der Waals surface area contributed by atoms with Crippen LogP contribution in [0.5, 0.6) is 0 Å². The highest BCUT2D eigenvalue weighted by molar-refractivity contribution is 5.28. The van der Waals surface area contributed by atoms with Crippen molar-refractivity contribution in [3.63, 3.8) is 0 Å². The number of rotatable bonds is 6. The Kier molecular flexibility index (Phi) is 5.09. The molecule has 17 heavy (non-hydrogen) atoms. The zero-order chi connectivity index (χ0) is 12.9. The predicted molar refractivity (Wildman–Crippen MR) is 68.5 cm³/mol. The highest BCUT2D eigenvalue weighted by atomic mass is 19.1. The van der Waals surface area contributed by atoms with Gasteiger partial charge < -0.3 is 10.4 Å². The average Bonchev–Trinajstić information content (AvgIpc) is 2.28. The maximum absolute atomic E-state index is 13.1. The highest BCUT2D eigenvalue weighted by Gasteiger charge is 2.22. The summed E-state index contributed by atoms with van der Waals surface area (Å²) in [5, 5.41) is 13.6.